The molecule has 5 heteroatoms. The maximum Gasteiger partial charge on any atom is 0.239 e. The van der Waals surface area contributed by atoms with E-state index in [1.165, 1.54) is 0 Å². The van der Waals surface area contributed by atoms with E-state index in [-0.39, 0.29) is 18.1 Å². The SMILES string of the molecule is O=C([C@@H]1C[C@@H](O)CN1)N1CCC(Oc2ccccc2)CC1. The van der Waals surface area contributed by atoms with Crippen LogP contribution in [0, 0.1) is 0 Å². The smallest absolute Gasteiger partial charge is 0.239 e. The van der Waals surface area contributed by atoms with Crippen molar-refractivity contribution >= 4 is 5.91 Å². The summed E-state index contributed by atoms with van der Waals surface area (Å²) >= 11 is 0. The number of nitrogens with one attached hydrogen (secondary N) is 1. The molecule has 2 heterocycles. The summed E-state index contributed by atoms with van der Waals surface area (Å²) in [5, 5.41) is 12.6. The lowest BCUT2D eigenvalue weighted by molar-refractivity contribution is -0.135. The van der Waals surface area contributed by atoms with Crippen LogP contribution in [0.5, 0.6) is 5.75 Å². The third-order valence-electron chi connectivity index (χ3n) is 4.21. The number of nitrogens with zero attached hydrogens (tertiary/aromatic N) is 1. The van der Waals surface area contributed by atoms with Crippen molar-refractivity contribution in [2.45, 2.75) is 37.5 Å². The molecule has 3 rings (SSSR count). The molecule has 2 atom stereocenters. The maximum atomic E-state index is 12.3. The molecule has 5 nitrogen and oxygen atoms in total. The summed E-state index contributed by atoms with van der Waals surface area (Å²) in [6.07, 6.45) is 2.03. The maximum absolute atomic E-state index is 12.3. The van der Waals surface area contributed by atoms with Crippen LogP contribution in [-0.4, -0.2) is 53.8 Å². The number of ether oxygens (including phenoxy) is 1. The van der Waals surface area contributed by atoms with Gasteiger partial charge in [-0.1, -0.05) is 18.2 Å². The Hall–Kier alpha value is -1.59. The molecule has 1 aromatic rings. The number of hydrogen-bond donors (Lipinski definition) is 2. The number of hydrogen-bond acceptors (Lipinski definition) is 4. The Morgan fingerprint density at radius 3 is 2.57 bits per heavy atom. The number of β-amino-alcohol motifs (C(OH)–C–C–N with tert-alkyl or cyclic N) is 1. The van der Waals surface area contributed by atoms with Crippen LogP contribution < -0.4 is 10.1 Å². The Morgan fingerprint density at radius 1 is 1.24 bits per heavy atom. The van der Waals surface area contributed by atoms with Crippen molar-refractivity contribution in [3.05, 3.63) is 30.3 Å². The predicted octanol–water partition coefficient (Wildman–Crippen LogP) is 0.779. The third kappa shape index (κ3) is 3.54. The molecular formula is C16H22N2O3. The number of aliphatic hydroxyl groups excluding tert-OH is 1. The average Bonchev–Trinajstić information content (AvgIpc) is 2.95. The topological polar surface area (TPSA) is 61.8 Å². The highest BCUT2D eigenvalue weighted by atomic mass is 16.5. The lowest BCUT2D eigenvalue weighted by Gasteiger charge is -2.33. The molecule has 2 saturated heterocycles. The van der Waals surface area contributed by atoms with Crippen LogP contribution in [0.3, 0.4) is 0 Å². The molecule has 2 fully saturated rings. The van der Waals surface area contributed by atoms with Crippen LogP contribution in [-0.2, 0) is 4.79 Å². The zero-order valence-corrected chi connectivity index (χ0v) is 12.1. The van der Waals surface area contributed by atoms with E-state index < -0.39 is 6.10 Å². The summed E-state index contributed by atoms with van der Waals surface area (Å²) in [6, 6.07) is 9.60. The summed E-state index contributed by atoms with van der Waals surface area (Å²) < 4.78 is 5.93. The molecule has 21 heavy (non-hydrogen) atoms. The van der Waals surface area contributed by atoms with Gasteiger partial charge in [-0.25, -0.2) is 0 Å². The van der Waals surface area contributed by atoms with Gasteiger partial charge in [-0.05, 0) is 18.6 Å². The van der Waals surface area contributed by atoms with Crippen molar-refractivity contribution < 1.29 is 14.6 Å². The summed E-state index contributed by atoms with van der Waals surface area (Å²) in [5.41, 5.74) is 0. The molecule has 0 spiro atoms. The van der Waals surface area contributed by atoms with E-state index in [0.29, 0.717) is 13.0 Å². The van der Waals surface area contributed by atoms with Gasteiger partial charge in [0.25, 0.3) is 0 Å². The van der Waals surface area contributed by atoms with E-state index >= 15 is 0 Å². The zero-order valence-electron chi connectivity index (χ0n) is 12.1. The first-order valence-electron chi connectivity index (χ1n) is 7.64. The quantitative estimate of drug-likeness (QED) is 0.863. The standard InChI is InChI=1S/C16H22N2O3/c19-12-10-15(17-11-12)16(20)18-8-6-14(7-9-18)21-13-4-2-1-3-5-13/h1-5,12,14-15,17,19H,6-11H2/t12-,15+/m1/s1. The first kappa shape index (κ1) is 14.4. The van der Waals surface area contributed by atoms with Gasteiger partial charge < -0.3 is 20.1 Å². The Balaban J connectivity index is 1.47. The van der Waals surface area contributed by atoms with Crippen molar-refractivity contribution in [3.63, 3.8) is 0 Å². The lowest BCUT2D eigenvalue weighted by atomic mass is 10.1. The van der Waals surface area contributed by atoms with Crippen LogP contribution in [0.2, 0.25) is 0 Å². The molecule has 0 aliphatic carbocycles. The fraction of sp³-hybridized carbons (Fsp3) is 0.562. The number of para-hydroxylation sites is 1. The van der Waals surface area contributed by atoms with Gasteiger partial charge in [0.2, 0.25) is 5.91 Å². The average molecular weight is 290 g/mol. The molecule has 2 aliphatic rings. The molecule has 114 valence electrons. The van der Waals surface area contributed by atoms with Crippen LogP contribution in [0.1, 0.15) is 19.3 Å². The highest BCUT2D eigenvalue weighted by Crippen LogP contribution is 2.20. The molecule has 2 N–H and O–H groups in total. The van der Waals surface area contributed by atoms with E-state index in [1.54, 1.807) is 0 Å². The molecule has 0 aromatic heterocycles. The molecule has 0 bridgehead atoms. The van der Waals surface area contributed by atoms with Crippen molar-refractivity contribution in [1.29, 1.82) is 0 Å². The summed E-state index contributed by atoms with van der Waals surface area (Å²) in [6.45, 7) is 1.97. The number of carbonyl (C=O) groups excluding carboxylic acids is 1. The minimum atomic E-state index is -0.391. The number of piperidine rings is 1. The number of carbonyl (C=O) groups is 1. The summed E-state index contributed by atoms with van der Waals surface area (Å²) in [7, 11) is 0. The Morgan fingerprint density at radius 2 is 1.95 bits per heavy atom. The predicted molar refractivity (Wildman–Crippen MR) is 79.1 cm³/mol. The van der Waals surface area contributed by atoms with Gasteiger partial charge in [-0.15, -0.1) is 0 Å². The summed E-state index contributed by atoms with van der Waals surface area (Å²) in [5.74, 6) is 1.01. The van der Waals surface area contributed by atoms with E-state index in [9.17, 15) is 9.90 Å². The second-order valence-electron chi connectivity index (χ2n) is 5.81. The molecule has 0 saturated carbocycles. The molecule has 2 aliphatic heterocycles. The van der Waals surface area contributed by atoms with Gasteiger partial charge in [0.15, 0.2) is 0 Å². The highest BCUT2D eigenvalue weighted by molar-refractivity contribution is 5.82. The van der Waals surface area contributed by atoms with Crippen molar-refractivity contribution in [3.8, 4) is 5.75 Å². The number of amides is 1. The monoisotopic (exact) mass is 290 g/mol. The van der Waals surface area contributed by atoms with Crippen LogP contribution in [0.15, 0.2) is 30.3 Å². The second-order valence-corrected chi connectivity index (χ2v) is 5.81. The van der Waals surface area contributed by atoms with Crippen molar-refractivity contribution in [1.82, 2.24) is 10.2 Å². The Labute approximate surface area is 124 Å². The van der Waals surface area contributed by atoms with E-state index in [1.807, 2.05) is 35.2 Å². The fourth-order valence-corrected chi connectivity index (χ4v) is 3.01. The van der Waals surface area contributed by atoms with Crippen molar-refractivity contribution in [2.24, 2.45) is 0 Å². The first-order valence-corrected chi connectivity index (χ1v) is 7.64. The summed E-state index contributed by atoms with van der Waals surface area (Å²) in [4.78, 5) is 14.2. The number of benzene rings is 1. The van der Waals surface area contributed by atoms with E-state index in [2.05, 4.69) is 5.32 Å². The lowest BCUT2D eigenvalue weighted by Crippen LogP contribution is -2.48. The fourth-order valence-electron chi connectivity index (χ4n) is 3.01. The molecule has 1 aromatic carbocycles. The van der Waals surface area contributed by atoms with Crippen molar-refractivity contribution in [2.75, 3.05) is 19.6 Å². The molecule has 0 radical (unpaired) electrons. The Kier molecular flexibility index (Phi) is 4.41. The van der Waals surface area contributed by atoms with Gasteiger partial charge in [0, 0.05) is 32.5 Å². The largest absolute Gasteiger partial charge is 0.490 e. The van der Waals surface area contributed by atoms with Gasteiger partial charge in [0.05, 0.1) is 12.1 Å². The minimum absolute atomic E-state index is 0.115. The highest BCUT2D eigenvalue weighted by Gasteiger charge is 2.33. The number of aliphatic hydroxyl groups is 1. The molecule has 1 amide bonds. The number of likely N-dealkylation sites (tertiary alicyclic amines) is 1. The van der Waals surface area contributed by atoms with Gasteiger partial charge in [-0.3, -0.25) is 4.79 Å². The molecule has 0 unspecified atom stereocenters. The van der Waals surface area contributed by atoms with E-state index in [4.69, 9.17) is 4.74 Å². The van der Waals surface area contributed by atoms with Gasteiger partial charge in [-0.2, -0.15) is 0 Å². The third-order valence-corrected chi connectivity index (χ3v) is 4.21. The van der Waals surface area contributed by atoms with Gasteiger partial charge >= 0.3 is 0 Å². The van der Waals surface area contributed by atoms with Gasteiger partial charge in [0.1, 0.15) is 11.9 Å². The normalized spacial score (nSPS) is 26.8. The van der Waals surface area contributed by atoms with Crippen LogP contribution >= 0.6 is 0 Å². The first-order chi connectivity index (χ1) is 10.2. The second kappa shape index (κ2) is 6.45. The van der Waals surface area contributed by atoms with Crippen LogP contribution in [0.25, 0.3) is 0 Å². The Bertz CT molecular complexity index is 472. The molecular weight excluding hydrogens is 268 g/mol. The number of rotatable bonds is 3. The van der Waals surface area contributed by atoms with E-state index in [0.717, 1.165) is 31.7 Å². The zero-order chi connectivity index (χ0) is 14.7. The minimum Gasteiger partial charge on any atom is -0.490 e. The van der Waals surface area contributed by atoms with Crippen LogP contribution in [0.4, 0.5) is 0 Å².